The second-order valence-corrected chi connectivity index (χ2v) is 5.71. The first-order valence-corrected chi connectivity index (χ1v) is 5.26. The average molecular weight is 184 g/mol. The average Bonchev–Trinajstić information content (AvgIpc) is 2.59. The summed E-state index contributed by atoms with van der Waals surface area (Å²) in [6.45, 7) is 7.02. The van der Waals surface area contributed by atoms with Crippen LogP contribution in [0, 0.1) is 11.3 Å². The number of ether oxygens (including phenoxy) is 1. The van der Waals surface area contributed by atoms with Crippen molar-refractivity contribution in [3.63, 3.8) is 0 Å². The number of rotatable bonds is 1. The summed E-state index contributed by atoms with van der Waals surface area (Å²) in [7, 11) is 0. The number of fused-ring (bicyclic) bond motifs is 2. The van der Waals surface area contributed by atoms with Gasteiger partial charge in [0.05, 0.1) is 18.3 Å². The fourth-order valence-corrected chi connectivity index (χ4v) is 2.85. The molecule has 13 heavy (non-hydrogen) atoms. The zero-order chi connectivity index (χ0) is 9.69. The Bertz CT molecular complexity index is 207. The van der Waals surface area contributed by atoms with Crippen LogP contribution in [0.2, 0.25) is 0 Å². The molecule has 2 bridgehead atoms. The SMILES string of the molecule is CC(C)(C)C1CC2(CO)CCC1O2. The van der Waals surface area contributed by atoms with Crippen molar-refractivity contribution in [2.24, 2.45) is 11.3 Å². The monoisotopic (exact) mass is 184 g/mol. The first-order valence-electron chi connectivity index (χ1n) is 5.26. The molecule has 2 rings (SSSR count). The van der Waals surface area contributed by atoms with Crippen LogP contribution >= 0.6 is 0 Å². The second-order valence-electron chi connectivity index (χ2n) is 5.71. The Morgan fingerprint density at radius 3 is 2.54 bits per heavy atom. The summed E-state index contributed by atoms with van der Waals surface area (Å²) in [4.78, 5) is 0. The van der Waals surface area contributed by atoms with Crippen LogP contribution in [0.5, 0.6) is 0 Å². The van der Waals surface area contributed by atoms with E-state index in [1.807, 2.05) is 0 Å². The number of hydrogen-bond acceptors (Lipinski definition) is 2. The minimum Gasteiger partial charge on any atom is -0.393 e. The highest BCUT2D eigenvalue weighted by atomic mass is 16.5. The van der Waals surface area contributed by atoms with Gasteiger partial charge in [-0.3, -0.25) is 0 Å². The molecule has 2 nitrogen and oxygen atoms in total. The van der Waals surface area contributed by atoms with Gasteiger partial charge in [0.2, 0.25) is 0 Å². The van der Waals surface area contributed by atoms with Gasteiger partial charge in [-0.25, -0.2) is 0 Å². The molecular formula is C11H20O2. The molecule has 2 heteroatoms. The van der Waals surface area contributed by atoms with Gasteiger partial charge < -0.3 is 9.84 Å². The van der Waals surface area contributed by atoms with E-state index >= 15 is 0 Å². The Balaban J connectivity index is 2.14. The van der Waals surface area contributed by atoms with Crippen LogP contribution in [0.3, 0.4) is 0 Å². The molecule has 0 aliphatic carbocycles. The van der Waals surface area contributed by atoms with E-state index in [0.29, 0.717) is 17.4 Å². The van der Waals surface area contributed by atoms with Gasteiger partial charge in [-0.1, -0.05) is 20.8 Å². The minimum atomic E-state index is -0.164. The van der Waals surface area contributed by atoms with E-state index in [0.717, 1.165) is 19.3 Å². The zero-order valence-corrected chi connectivity index (χ0v) is 8.84. The Labute approximate surface area is 80.3 Å². The van der Waals surface area contributed by atoms with Gasteiger partial charge in [-0.2, -0.15) is 0 Å². The molecule has 2 heterocycles. The molecule has 0 saturated carbocycles. The van der Waals surface area contributed by atoms with Crippen LogP contribution in [0.15, 0.2) is 0 Å². The predicted molar refractivity (Wildman–Crippen MR) is 51.5 cm³/mol. The molecule has 2 aliphatic rings. The van der Waals surface area contributed by atoms with Gasteiger partial charge >= 0.3 is 0 Å². The molecule has 3 atom stereocenters. The molecule has 2 aliphatic heterocycles. The maximum absolute atomic E-state index is 9.30. The first-order chi connectivity index (χ1) is 5.97. The third-order valence-corrected chi connectivity index (χ3v) is 3.73. The van der Waals surface area contributed by atoms with Crippen molar-refractivity contribution in [1.29, 1.82) is 0 Å². The van der Waals surface area contributed by atoms with Crippen molar-refractivity contribution in [3.05, 3.63) is 0 Å². The first kappa shape index (κ1) is 9.47. The highest BCUT2D eigenvalue weighted by Crippen LogP contribution is 2.52. The Kier molecular flexibility index (Phi) is 1.97. The van der Waals surface area contributed by atoms with Gasteiger partial charge in [0.1, 0.15) is 0 Å². The van der Waals surface area contributed by atoms with E-state index in [1.165, 1.54) is 0 Å². The third-order valence-electron chi connectivity index (χ3n) is 3.73. The molecule has 3 unspecified atom stereocenters. The maximum Gasteiger partial charge on any atom is 0.0920 e. The van der Waals surface area contributed by atoms with Gasteiger partial charge in [-0.05, 0) is 30.6 Å². The Morgan fingerprint density at radius 1 is 1.46 bits per heavy atom. The van der Waals surface area contributed by atoms with Crippen molar-refractivity contribution in [1.82, 2.24) is 0 Å². The van der Waals surface area contributed by atoms with E-state index in [1.54, 1.807) is 0 Å². The fourth-order valence-electron chi connectivity index (χ4n) is 2.85. The van der Waals surface area contributed by atoms with Gasteiger partial charge in [0.15, 0.2) is 0 Å². The fraction of sp³-hybridized carbons (Fsp3) is 1.00. The Morgan fingerprint density at radius 2 is 2.15 bits per heavy atom. The van der Waals surface area contributed by atoms with Crippen molar-refractivity contribution >= 4 is 0 Å². The maximum atomic E-state index is 9.30. The summed E-state index contributed by atoms with van der Waals surface area (Å²) in [5, 5.41) is 9.30. The lowest BCUT2D eigenvalue weighted by Crippen LogP contribution is -2.34. The summed E-state index contributed by atoms with van der Waals surface area (Å²) in [6, 6.07) is 0. The normalized spacial score (nSPS) is 44.3. The quantitative estimate of drug-likeness (QED) is 0.675. The number of hydrogen-bond donors (Lipinski definition) is 1. The molecule has 0 radical (unpaired) electrons. The van der Waals surface area contributed by atoms with E-state index < -0.39 is 0 Å². The lowest BCUT2D eigenvalue weighted by molar-refractivity contribution is -0.0302. The molecule has 0 aromatic carbocycles. The molecular weight excluding hydrogens is 164 g/mol. The third kappa shape index (κ3) is 1.40. The van der Waals surface area contributed by atoms with Crippen LogP contribution in [0.25, 0.3) is 0 Å². The standard InChI is InChI=1S/C11H20O2/c1-10(2,3)8-6-11(7-12)5-4-9(8)13-11/h8-9,12H,4-7H2,1-3H3. The van der Waals surface area contributed by atoms with Crippen LogP contribution in [0.4, 0.5) is 0 Å². The van der Waals surface area contributed by atoms with Gasteiger partial charge in [0.25, 0.3) is 0 Å². The van der Waals surface area contributed by atoms with Crippen molar-refractivity contribution in [2.45, 2.75) is 51.7 Å². The molecule has 0 amide bonds. The smallest absolute Gasteiger partial charge is 0.0920 e. The topological polar surface area (TPSA) is 29.5 Å². The molecule has 0 aromatic rings. The summed E-state index contributed by atoms with van der Waals surface area (Å²) in [5.74, 6) is 0.633. The zero-order valence-electron chi connectivity index (χ0n) is 8.84. The molecule has 0 spiro atoms. The van der Waals surface area contributed by atoms with E-state index in [9.17, 15) is 5.11 Å². The summed E-state index contributed by atoms with van der Waals surface area (Å²) in [6.07, 6.45) is 3.66. The minimum absolute atomic E-state index is 0.164. The molecule has 2 fully saturated rings. The second kappa shape index (κ2) is 2.71. The van der Waals surface area contributed by atoms with Crippen molar-refractivity contribution < 1.29 is 9.84 Å². The van der Waals surface area contributed by atoms with Gasteiger partial charge in [0, 0.05) is 0 Å². The molecule has 76 valence electrons. The van der Waals surface area contributed by atoms with Crippen LogP contribution in [-0.2, 0) is 4.74 Å². The lowest BCUT2D eigenvalue weighted by Gasteiger charge is -2.33. The van der Waals surface area contributed by atoms with Crippen LogP contribution in [0.1, 0.15) is 40.0 Å². The van der Waals surface area contributed by atoms with E-state index in [-0.39, 0.29) is 12.2 Å². The highest BCUT2D eigenvalue weighted by molar-refractivity contribution is 5.03. The summed E-state index contributed by atoms with van der Waals surface area (Å²) in [5.41, 5.74) is 0.157. The van der Waals surface area contributed by atoms with Crippen LogP contribution < -0.4 is 0 Å². The highest BCUT2D eigenvalue weighted by Gasteiger charge is 2.54. The van der Waals surface area contributed by atoms with E-state index in [2.05, 4.69) is 20.8 Å². The lowest BCUT2D eigenvalue weighted by atomic mass is 9.69. The number of aliphatic hydroxyl groups is 1. The van der Waals surface area contributed by atoms with Crippen LogP contribution in [-0.4, -0.2) is 23.4 Å². The van der Waals surface area contributed by atoms with E-state index in [4.69, 9.17) is 4.74 Å². The Hall–Kier alpha value is -0.0800. The largest absolute Gasteiger partial charge is 0.393 e. The number of aliphatic hydroxyl groups excluding tert-OH is 1. The van der Waals surface area contributed by atoms with Crippen molar-refractivity contribution in [2.75, 3.05) is 6.61 Å². The molecule has 2 saturated heterocycles. The van der Waals surface area contributed by atoms with Crippen molar-refractivity contribution in [3.8, 4) is 0 Å². The predicted octanol–water partition coefficient (Wildman–Crippen LogP) is 1.96. The van der Waals surface area contributed by atoms with Gasteiger partial charge in [-0.15, -0.1) is 0 Å². The summed E-state index contributed by atoms with van der Waals surface area (Å²) < 4.78 is 5.90. The summed E-state index contributed by atoms with van der Waals surface area (Å²) >= 11 is 0. The molecule has 1 N–H and O–H groups in total. The molecule has 0 aromatic heterocycles.